The summed E-state index contributed by atoms with van der Waals surface area (Å²) in [7, 11) is 3.51. The average Bonchev–Trinajstić information content (AvgIpc) is 3.07. The highest BCUT2D eigenvalue weighted by Gasteiger charge is 2.68. The second-order valence-corrected chi connectivity index (χ2v) is 10.2. The van der Waals surface area contributed by atoms with E-state index in [1.165, 1.54) is 0 Å². The lowest BCUT2D eigenvalue weighted by Crippen LogP contribution is -2.62. The monoisotopic (exact) mass is 392 g/mol. The van der Waals surface area contributed by atoms with Gasteiger partial charge in [-0.05, 0) is 55.8 Å². The molecule has 8 atom stereocenters. The van der Waals surface area contributed by atoms with E-state index >= 15 is 0 Å². The zero-order valence-corrected chi connectivity index (χ0v) is 18.8. The Bertz CT molecular complexity index is 603. The van der Waals surface area contributed by atoms with Crippen molar-refractivity contribution in [1.82, 2.24) is 0 Å². The molecule has 0 aromatic carbocycles. The predicted octanol–water partition coefficient (Wildman–Crippen LogP) is 5.01. The summed E-state index contributed by atoms with van der Waals surface area (Å²) in [4.78, 5) is 13.9. The molecule has 4 heteroatoms. The lowest BCUT2D eigenvalue weighted by atomic mass is 9.44. The summed E-state index contributed by atoms with van der Waals surface area (Å²) >= 11 is 0. The highest BCUT2D eigenvalue weighted by molar-refractivity contribution is 5.87. The maximum atomic E-state index is 13.9. The SMILES string of the molecule is C=CC[C@]1(C)CC(OCOC)[C@@]2(C)C3[C@H](OC)CCC3(CC[C@H]2C)[C@@H](C)C1=O. The number of rotatable bonds is 6. The topological polar surface area (TPSA) is 44.8 Å². The van der Waals surface area contributed by atoms with Crippen LogP contribution in [0, 0.1) is 34.0 Å². The number of methoxy groups -OCH3 is 2. The number of Topliss-reactive ketones (excluding diaryl/α,β-unsaturated/α-hetero) is 1. The Balaban J connectivity index is 2.18. The minimum atomic E-state index is -0.443. The molecule has 4 nitrogen and oxygen atoms in total. The number of allylic oxidation sites excluding steroid dienone is 1. The molecule has 0 aliphatic heterocycles. The molecule has 0 aromatic rings. The van der Waals surface area contributed by atoms with E-state index < -0.39 is 5.41 Å². The van der Waals surface area contributed by atoms with Crippen LogP contribution in [0.2, 0.25) is 0 Å². The predicted molar refractivity (Wildman–Crippen MR) is 111 cm³/mol. The highest BCUT2D eigenvalue weighted by Crippen LogP contribution is 2.68. The summed E-state index contributed by atoms with van der Waals surface area (Å²) in [5, 5.41) is 0. The van der Waals surface area contributed by atoms with E-state index in [2.05, 4.69) is 34.3 Å². The van der Waals surface area contributed by atoms with E-state index in [1.54, 1.807) is 7.11 Å². The van der Waals surface area contributed by atoms with Crippen molar-refractivity contribution in [3.8, 4) is 0 Å². The third-order valence-electron chi connectivity index (χ3n) is 9.13. The largest absolute Gasteiger partial charge is 0.381 e. The normalized spacial score (nSPS) is 48.6. The van der Waals surface area contributed by atoms with Crippen LogP contribution >= 0.6 is 0 Å². The Morgan fingerprint density at radius 1 is 1.18 bits per heavy atom. The third-order valence-corrected chi connectivity index (χ3v) is 9.13. The number of carbonyl (C=O) groups excluding carboxylic acids is 1. The molecule has 0 saturated heterocycles. The number of carbonyl (C=O) groups is 1. The lowest BCUT2D eigenvalue weighted by Gasteiger charge is -2.62. The van der Waals surface area contributed by atoms with E-state index in [1.807, 2.05) is 13.2 Å². The molecule has 3 fully saturated rings. The van der Waals surface area contributed by atoms with Crippen LogP contribution in [0.1, 0.15) is 66.2 Å². The van der Waals surface area contributed by atoms with E-state index in [-0.39, 0.29) is 35.7 Å². The maximum absolute atomic E-state index is 13.9. The minimum Gasteiger partial charge on any atom is -0.381 e. The van der Waals surface area contributed by atoms with Gasteiger partial charge in [0.05, 0.1) is 12.2 Å². The van der Waals surface area contributed by atoms with Gasteiger partial charge in [-0.3, -0.25) is 4.79 Å². The van der Waals surface area contributed by atoms with Crippen molar-refractivity contribution in [2.45, 2.75) is 78.4 Å². The third kappa shape index (κ3) is 3.02. The van der Waals surface area contributed by atoms with Crippen LogP contribution in [0.4, 0.5) is 0 Å². The van der Waals surface area contributed by atoms with Gasteiger partial charge < -0.3 is 14.2 Å². The molecule has 3 unspecified atom stereocenters. The molecule has 3 aliphatic carbocycles. The van der Waals surface area contributed by atoms with Gasteiger partial charge in [0.25, 0.3) is 0 Å². The minimum absolute atomic E-state index is 0.0105. The highest BCUT2D eigenvalue weighted by atomic mass is 16.7. The molecule has 0 amide bonds. The van der Waals surface area contributed by atoms with E-state index in [9.17, 15) is 4.79 Å². The molecule has 0 N–H and O–H groups in total. The van der Waals surface area contributed by atoms with Crippen molar-refractivity contribution in [2.75, 3.05) is 21.0 Å². The van der Waals surface area contributed by atoms with Crippen LogP contribution in [0.5, 0.6) is 0 Å². The first kappa shape index (κ1) is 22.0. The van der Waals surface area contributed by atoms with Gasteiger partial charge in [-0.2, -0.15) is 0 Å². The molecule has 3 aliphatic rings. The smallest absolute Gasteiger partial charge is 0.146 e. The molecule has 0 aromatic heterocycles. The molecular formula is C24H40O4. The Hall–Kier alpha value is -0.710. The number of ether oxygens (including phenoxy) is 3. The van der Waals surface area contributed by atoms with E-state index in [4.69, 9.17) is 14.2 Å². The first-order valence-electron chi connectivity index (χ1n) is 11.0. The summed E-state index contributed by atoms with van der Waals surface area (Å²) in [5.74, 6) is 1.27. The second kappa shape index (κ2) is 7.85. The van der Waals surface area contributed by atoms with Crippen LogP contribution < -0.4 is 0 Å². The van der Waals surface area contributed by atoms with Crippen LogP contribution in [0.25, 0.3) is 0 Å². The maximum Gasteiger partial charge on any atom is 0.146 e. The molecule has 160 valence electrons. The fourth-order valence-electron chi connectivity index (χ4n) is 7.39. The van der Waals surface area contributed by atoms with Crippen molar-refractivity contribution in [3.05, 3.63) is 12.7 Å². The van der Waals surface area contributed by atoms with Gasteiger partial charge in [-0.15, -0.1) is 6.58 Å². The molecule has 2 bridgehead atoms. The zero-order chi connectivity index (χ0) is 20.7. The molecule has 28 heavy (non-hydrogen) atoms. The van der Waals surface area contributed by atoms with Crippen molar-refractivity contribution in [1.29, 1.82) is 0 Å². The molecule has 3 saturated carbocycles. The van der Waals surface area contributed by atoms with Gasteiger partial charge >= 0.3 is 0 Å². The Morgan fingerprint density at radius 2 is 1.86 bits per heavy atom. The molecule has 0 spiro atoms. The van der Waals surface area contributed by atoms with Gasteiger partial charge in [0.1, 0.15) is 12.6 Å². The summed E-state index contributed by atoms with van der Waals surface area (Å²) in [6, 6.07) is 0. The first-order chi connectivity index (χ1) is 13.2. The van der Waals surface area contributed by atoms with Crippen molar-refractivity contribution in [3.63, 3.8) is 0 Å². The Labute approximate surface area is 171 Å². The van der Waals surface area contributed by atoms with E-state index in [0.717, 1.165) is 32.1 Å². The second-order valence-electron chi connectivity index (χ2n) is 10.2. The fourth-order valence-corrected chi connectivity index (χ4v) is 7.39. The Kier molecular flexibility index (Phi) is 6.16. The van der Waals surface area contributed by atoms with Gasteiger partial charge in [-0.25, -0.2) is 0 Å². The van der Waals surface area contributed by atoms with Crippen LogP contribution in [-0.4, -0.2) is 39.0 Å². The van der Waals surface area contributed by atoms with Crippen molar-refractivity contribution in [2.24, 2.45) is 34.0 Å². The zero-order valence-electron chi connectivity index (χ0n) is 18.8. The van der Waals surface area contributed by atoms with Gasteiger partial charge in [0.2, 0.25) is 0 Å². The molecule has 0 heterocycles. The standard InChI is InChI=1S/C24H40O4/c1-8-11-22(4)14-19(28-15-26-6)23(5)16(2)9-12-24(17(3)21(22)25)13-10-18(27-7)20(23)24/h8,16-20H,1,9-15H2,2-7H3/t16-,17+,18-,19?,20?,22-,23+,24?/m1/s1. The molecule has 0 radical (unpaired) electrons. The van der Waals surface area contributed by atoms with Gasteiger partial charge in [0, 0.05) is 31.0 Å². The quantitative estimate of drug-likeness (QED) is 0.470. The number of hydrogen-bond donors (Lipinski definition) is 0. The number of hydrogen-bond acceptors (Lipinski definition) is 4. The van der Waals surface area contributed by atoms with Crippen molar-refractivity contribution >= 4 is 5.78 Å². The lowest BCUT2D eigenvalue weighted by molar-refractivity contribution is -0.219. The summed E-state index contributed by atoms with van der Waals surface area (Å²) < 4.78 is 17.7. The first-order valence-corrected chi connectivity index (χ1v) is 11.0. The summed E-state index contributed by atoms with van der Waals surface area (Å²) in [6.07, 6.45) is 7.85. The van der Waals surface area contributed by atoms with Crippen LogP contribution in [-0.2, 0) is 19.0 Å². The average molecular weight is 393 g/mol. The summed E-state index contributed by atoms with van der Waals surface area (Å²) in [5.41, 5.74) is -0.483. The molecular weight excluding hydrogens is 352 g/mol. The van der Waals surface area contributed by atoms with Gasteiger partial charge in [-0.1, -0.05) is 33.8 Å². The van der Waals surface area contributed by atoms with E-state index in [0.29, 0.717) is 24.0 Å². The van der Waals surface area contributed by atoms with Crippen molar-refractivity contribution < 1.29 is 19.0 Å². The van der Waals surface area contributed by atoms with Gasteiger partial charge in [0.15, 0.2) is 0 Å². The Morgan fingerprint density at radius 3 is 2.46 bits per heavy atom. The molecule has 3 rings (SSSR count). The fraction of sp³-hybridized carbons (Fsp3) is 0.875. The van der Waals surface area contributed by atoms with Crippen LogP contribution in [0.15, 0.2) is 12.7 Å². The number of ketones is 1. The van der Waals surface area contributed by atoms with Crippen LogP contribution in [0.3, 0.4) is 0 Å². The summed E-state index contributed by atoms with van der Waals surface area (Å²) in [6.45, 7) is 13.3.